The number of anilines is 1. The van der Waals surface area contributed by atoms with Gasteiger partial charge in [0.1, 0.15) is 11.4 Å². The van der Waals surface area contributed by atoms with E-state index in [1.807, 2.05) is 16.5 Å². The number of nitrogens with one attached hydrogen (secondary N) is 1. The molecule has 1 aliphatic carbocycles. The number of carbonyl (C=O) groups is 1. The number of hydrogen-bond acceptors (Lipinski definition) is 4. The molecule has 2 aliphatic rings. The quantitative estimate of drug-likeness (QED) is 0.714. The van der Waals surface area contributed by atoms with E-state index in [9.17, 15) is 14.7 Å². The van der Waals surface area contributed by atoms with Crippen molar-refractivity contribution in [3.05, 3.63) is 50.5 Å². The number of nitrogens with zero attached hydrogens (tertiary/aromatic N) is 2. The molecule has 1 saturated heterocycles. The number of carboxylic acid groups (broad SMARTS) is 1. The third kappa shape index (κ3) is 4.19. The van der Waals surface area contributed by atoms with Gasteiger partial charge in [-0.25, -0.2) is 9.18 Å². The van der Waals surface area contributed by atoms with Gasteiger partial charge < -0.3 is 19.9 Å². The molecule has 1 aliphatic heterocycles. The van der Waals surface area contributed by atoms with E-state index >= 15 is 4.39 Å². The molecule has 0 unspecified atom stereocenters. The van der Waals surface area contributed by atoms with Crippen LogP contribution in [0.4, 0.5) is 10.1 Å². The fraction of sp³-hybridized carbons (Fsp3) is 0.429. The number of pyridine rings is 1. The summed E-state index contributed by atoms with van der Waals surface area (Å²) in [6.07, 6.45) is 4.97. The fourth-order valence-corrected chi connectivity index (χ4v) is 4.28. The predicted octanol–water partition coefficient (Wildman–Crippen LogP) is 3.91. The van der Waals surface area contributed by atoms with Crippen molar-refractivity contribution in [2.75, 3.05) is 31.6 Å². The fourth-order valence-electron chi connectivity index (χ4n) is 3.99. The Morgan fingerprint density at radius 1 is 1.37 bits per heavy atom. The number of piperidine rings is 1. The molecule has 0 radical (unpaired) electrons. The number of aromatic nitrogens is 1. The van der Waals surface area contributed by atoms with Crippen LogP contribution in [0.15, 0.2) is 33.7 Å². The first kappa shape index (κ1) is 22.6. The zero-order chi connectivity index (χ0) is 20.7. The van der Waals surface area contributed by atoms with E-state index in [1.54, 1.807) is 6.07 Å². The average molecular weight is 456 g/mol. The van der Waals surface area contributed by atoms with Gasteiger partial charge in [-0.3, -0.25) is 4.79 Å². The second-order valence-corrected chi connectivity index (χ2v) is 8.16. The first-order valence-electron chi connectivity index (χ1n) is 9.78. The number of benzene rings is 1. The van der Waals surface area contributed by atoms with Crippen LogP contribution in [-0.2, 0) is 0 Å². The average Bonchev–Trinajstić information content (AvgIpc) is 3.53. The lowest BCUT2D eigenvalue weighted by Crippen LogP contribution is -2.33. The minimum absolute atomic E-state index is 0. The first-order valence-corrected chi connectivity index (χ1v) is 10.2. The summed E-state index contributed by atoms with van der Waals surface area (Å²) in [6.45, 7) is 1.80. The molecule has 4 rings (SSSR count). The highest BCUT2D eigenvalue weighted by Gasteiger charge is 2.28. The molecule has 1 aromatic heterocycles. The molecule has 0 atom stereocenters. The maximum absolute atomic E-state index is 15.0. The Kier molecular flexibility index (Phi) is 6.75. The van der Waals surface area contributed by atoms with Gasteiger partial charge in [0.2, 0.25) is 5.43 Å². The van der Waals surface area contributed by atoms with E-state index in [1.165, 1.54) is 12.3 Å². The van der Waals surface area contributed by atoms with Gasteiger partial charge in [-0.1, -0.05) is 11.6 Å². The maximum atomic E-state index is 15.0. The molecule has 6 nitrogen and oxygen atoms in total. The van der Waals surface area contributed by atoms with Gasteiger partial charge in [0, 0.05) is 42.3 Å². The predicted molar refractivity (Wildman–Crippen MR) is 119 cm³/mol. The van der Waals surface area contributed by atoms with Crippen LogP contribution in [0.5, 0.6) is 0 Å². The summed E-state index contributed by atoms with van der Waals surface area (Å²) in [6, 6.07) is 3.02. The molecule has 2 fully saturated rings. The van der Waals surface area contributed by atoms with Gasteiger partial charge in [-0.15, -0.1) is 12.4 Å². The molecular formula is C21H24Cl2FN3O3. The van der Waals surface area contributed by atoms with Crippen molar-refractivity contribution in [1.29, 1.82) is 0 Å². The number of aromatic carboxylic acids is 1. The highest BCUT2D eigenvalue weighted by molar-refractivity contribution is 6.30. The van der Waals surface area contributed by atoms with Crippen LogP contribution in [0.2, 0.25) is 0 Å². The van der Waals surface area contributed by atoms with Gasteiger partial charge in [0.15, 0.2) is 0 Å². The molecular weight excluding hydrogens is 432 g/mol. The van der Waals surface area contributed by atoms with E-state index in [2.05, 4.69) is 5.32 Å². The molecule has 0 bridgehead atoms. The second-order valence-electron chi connectivity index (χ2n) is 7.70. The van der Waals surface area contributed by atoms with Crippen molar-refractivity contribution < 1.29 is 14.3 Å². The summed E-state index contributed by atoms with van der Waals surface area (Å²) in [7, 11) is 1.83. The zero-order valence-electron chi connectivity index (χ0n) is 16.6. The van der Waals surface area contributed by atoms with Crippen LogP contribution in [0, 0.1) is 5.82 Å². The van der Waals surface area contributed by atoms with E-state index in [-0.39, 0.29) is 29.4 Å². The lowest BCUT2D eigenvalue weighted by molar-refractivity contribution is 0.0695. The molecule has 2 N–H and O–H groups in total. The van der Waals surface area contributed by atoms with Crippen molar-refractivity contribution in [3.8, 4) is 0 Å². The van der Waals surface area contributed by atoms with Crippen molar-refractivity contribution in [2.24, 2.45) is 0 Å². The van der Waals surface area contributed by atoms with E-state index in [0.29, 0.717) is 30.8 Å². The Bertz CT molecular complexity index is 1080. The summed E-state index contributed by atoms with van der Waals surface area (Å²) in [5.41, 5.74) is 1.11. The summed E-state index contributed by atoms with van der Waals surface area (Å²) >= 11 is 6.39. The number of hydrogen-bond donors (Lipinski definition) is 2. The van der Waals surface area contributed by atoms with Crippen molar-refractivity contribution >= 4 is 46.6 Å². The molecule has 2 heterocycles. The van der Waals surface area contributed by atoms with Crippen LogP contribution in [0.25, 0.3) is 10.9 Å². The minimum atomic E-state index is -1.29. The van der Waals surface area contributed by atoms with E-state index < -0.39 is 17.2 Å². The van der Waals surface area contributed by atoms with Gasteiger partial charge in [0.25, 0.3) is 0 Å². The molecule has 0 spiro atoms. The largest absolute Gasteiger partial charge is 0.477 e. The Hall–Kier alpha value is -2.09. The molecule has 162 valence electrons. The molecule has 0 amide bonds. The zero-order valence-corrected chi connectivity index (χ0v) is 18.2. The Morgan fingerprint density at radius 3 is 2.73 bits per heavy atom. The SMILES string of the molecule is CNC/C(Cl)=C1/CCCN(c2cc3c(cc2F)c(=O)c(C(=O)O)cn3C2CC2)C1.Cl. The standard InChI is InChI=1S/C21H23ClFN3O3.ClH/c1-24-9-16(22)12-3-2-6-25(10-12)19-8-18-14(7-17(19)23)20(27)15(21(28)29)11-26(18)13-4-5-13;/h7-8,11,13,24H,2-6,9-10H2,1H3,(H,28,29);1H/b16-12+;. The number of carboxylic acids is 1. The minimum Gasteiger partial charge on any atom is -0.477 e. The van der Waals surface area contributed by atoms with Crippen molar-refractivity contribution in [1.82, 2.24) is 9.88 Å². The number of likely N-dealkylation sites (N-methyl/N-ethyl adjacent to an activating group) is 1. The van der Waals surface area contributed by atoms with Crippen molar-refractivity contribution in [3.63, 3.8) is 0 Å². The maximum Gasteiger partial charge on any atom is 0.341 e. The second kappa shape index (κ2) is 8.96. The molecule has 2 aromatic rings. The molecule has 1 saturated carbocycles. The molecule has 1 aromatic carbocycles. The normalized spacial score (nSPS) is 18.3. The van der Waals surface area contributed by atoms with Crippen LogP contribution >= 0.6 is 24.0 Å². The summed E-state index contributed by atoms with van der Waals surface area (Å²) < 4.78 is 16.9. The van der Waals surface area contributed by atoms with Gasteiger partial charge in [-0.05, 0) is 50.4 Å². The number of halogens is 3. The summed E-state index contributed by atoms with van der Waals surface area (Å²) in [5.74, 6) is -1.81. The topological polar surface area (TPSA) is 74.6 Å². The smallest absolute Gasteiger partial charge is 0.341 e. The van der Waals surface area contributed by atoms with Crippen molar-refractivity contribution in [2.45, 2.75) is 31.7 Å². The van der Waals surface area contributed by atoms with E-state index in [0.717, 1.165) is 36.3 Å². The van der Waals surface area contributed by atoms with Gasteiger partial charge in [-0.2, -0.15) is 0 Å². The van der Waals surface area contributed by atoms with Crippen LogP contribution in [-0.4, -0.2) is 42.3 Å². The van der Waals surface area contributed by atoms with E-state index in [4.69, 9.17) is 11.6 Å². The first-order chi connectivity index (χ1) is 13.9. The van der Waals surface area contributed by atoms with Crippen LogP contribution in [0.3, 0.4) is 0 Å². The van der Waals surface area contributed by atoms with Gasteiger partial charge >= 0.3 is 5.97 Å². The monoisotopic (exact) mass is 455 g/mol. The lowest BCUT2D eigenvalue weighted by atomic mass is 10.0. The molecule has 9 heteroatoms. The third-order valence-electron chi connectivity index (χ3n) is 5.62. The molecule has 30 heavy (non-hydrogen) atoms. The number of fused-ring (bicyclic) bond motifs is 1. The van der Waals surface area contributed by atoms with Crippen LogP contribution in [0.1, 0.15) is 42.1 Å². The number of rotatable bonds is 5. The summed E-state index contributed by atoms with van der Waals surface area (Å²) in [5, 5.41) is 13.3. The Labute approximate surface area is 184 Å². The Morgan fingerprint density at radius 2 is 2.10 bits per heavy atom. The Balaban J connectivity index is 0.00000256. The third-order valence-corrected chi connectivity index (χ3v) is 6.02. The van der Waals surface area contributed by atoms with Gasteiger partial charge in [0.05, 0.1) is 11.2 Å². The summed E-state index contributed by atoms with van der Waals surface area (Å²) in [4.78, 5) is 26.0. The highest BCUT2D eigenvalue weighted by Crippen LogP contribution is 2.38. The van der Waals surface area contributed by atoms with Crippen LogP contribution < -0.4 is 15.6 Å². The highest BCUT2D eigenvalue weighted by atomic mass is 35.5. The lowest BCUT2D eigenvalue weighted by Gasteiger charge is -2.32.